The van der Waals surface area contributed by atoms with E-state index in [1.54, 1.807) is 30.5 Å². The summed E-state index contributed by atoms with van der Waals surface area (Å²) in [6.07, 6.45) is 1.61. The first-order valence-electron chi connectivity index (χ1n) is 8.52. The predicted octanol–water partition coefficient (Wildman–Crippen LogP) is 1.89. The Labute approximate surface area is 187 Å². The van der Waals surface area contributed by atoms with Crippen molar-refractivity contribution in [1.82, 2.24) is 15.0 Å². The minimum Gasteiger partial charge on any atom is -0.999 e. The van der Waals surface area contributed by atoms with E-state index in [4.69, 9.17) is 4.65 Å². The Kier molecular flexibility index (Phi) is 6.37. The minimum absolute atomic E-state index is 0. The monoisotopic (exact) mass is 492 g/mol. The molecule has 6 rings (SSSR count). The van der Waals surface area contributed by atoms with Gasteiger partial charge in [0.05, 0.1) is 27.5 Å². The van der Waals surface area contributed by atoms with Crippen LogP contribution in [0.1, 0.15) is 0 Å². The fourth-order valence-corrected chi connectivity index (χ4v) is 3.47. The Balaban J connectivity index is 0.000000297. The van der Waals surface area contributed by atoms with Crippen molar-refractivity contribution in [3.8, 4) is 11.3 Å². The van der Waals surface area contributed by atoms with Crippen LogP contribution in [-0.2, 0) is 24.1 Å². The quantitative estimate of drug-likeness (QED) is 0.198. The van der Waals surface area contributed by atoms with Crippen LogP contribution in [-0.4, -0.2) is 15.0 Å². The van der Waals surface area contributed by atoms with Gasteiger partial charge in [0, 0.05) is 22.5 Å². The Morgan fingerprint density at radius 1 is 0.935 bits per heavy atom. The normalized spacial score (nSPS) is 10.3. The van der Waals surface area contributed by atoms with Gasteiger partial charge in [0.15, 0.2) is 5.43 Å². The number of H-pyrrole nitrogens is 1. The largest absolute Gasteiger partial charge is 6.00 e. The molecule has 0 saturated heterocycles. The van der Waals surface area contributed by atoms with Crippen molar-refractivity contribution in [2.24, 2.45) is 0 Å². The van der Waals surface area contributed by atoms with E-state index in [0.717, 1.165) is 0 Å². The summed E-state index contributed by atoms with van der Waals surface area (Å²) in [6.45, 7) is 4.50. The van der Waals surface area contributed by atoms with E-state index in [1.807, 2.05) is 0 Å². The Hall–Kier alpha value is -3.70. The summed E-state index contributed by atoms with van der Waals surface area (Å²) < 4.78 is 7.50. The minimum atomic E-state index is -0.466. The van der Waals surface area contributed by atoms with Crippen molar-refractivity contribution in [1.29, 1.82) is 0 Å². The summed E-state index contributed by atoms with van der Waals surface area (Å²) in [5, 5.41) is 1.68. The standard InChI is InChI=1S/C17H7N3O3.C5H.CO.Ru/c21-7-3-4-10-9(6-7)11-13-12(16(22)20-17(13)23)8-2-1-5-18-14(8)15(11)19-10;1-2-4-5-3-1;1-2;/h1-6H,(H,20,22,23);1H;;/q;-5;;+6. The van der Waals surface area contributed by atoms with E-state index in [9.17, 15) is 14.4 Å². The molecule has 1 N–H and O–H groups in total. The second kappa shape index (κ2) is 8.98. The topological polar surface area (TPSA) is 113 Å². The third-order valence-corrected chi connectivity index (χ3v) is 4.54. The van der Waals surface area contributed by atoms with Gasteiger partial charge in [-0.2, -0.15) is 0 Å². The number of aromatic nitrogens is 3. The maximum absolute atomic E-state index is 12.3. The van der Waals surface area contributed by atoms with Crippen molar-refractivity contribution in [3.63, 3.8) is 0 Å². The van der Waals surface area contributed by atoms with Crippen LogP contribution in [0.2, 0.25) is 0 Å². The first kappa shape index (κ1) is 22.0. The number of benzene rings is 2. The summed E-state index contributed by atoms with van der Waals surface area (Å²) in [5.41, 5.74) is 1.17. The second-order valence-corrected chi connectivity index (χ2v) is 6.13. The molecule has 0 amide bonds. The number of hydrogen-bond acceptors (Lipinski definition) is 5. The molecule has 2 aliphatic rings. The molecule has 0 saturated carbocycles. The molecule has 8 heteroatoms. The van der Waals surface area contributed by atoms with Crippen molar-refractivity contribution in [2.45, 2.75) is 0 Å². The summed E-state index contributed by atoms with van der Waals surface area (Å²) >= 11 is 0. The van der Waals surface area contributed by atoms with E-state index in [2.05, 4.69) is 45.9 Å². The zero-order valence-corrected chi connectivity index (χ0v) is 17.2. The van der Waals surface area contributed by atoms with Gasteiger partial charge in [-0.1, -0.05) is 6.07 Å². The molecule has 31 heavy (non-hydrogen) atoms. The summed E-state index contributed by atoms with van der Waals surface area (Å²) in [7, 11) is 0. The van der Waals surface area contributed by atoms with Gasteiger partial charge in [-0.25, -0.2) is 4.98 Å². The van der Waals surface area contributed by atoms with E-state index in [1.165, 1.54) is 12.1 Å². The molecule has 7 nitrogen and oxygen atoms in total. The molecule has 3 heterocycles. The molecular formula is C23H8N3O4Ru+. The molecule has 0 bridgehead atoms. The van der Waals surface area contributed by atoms with Gasteiger partial charge in [-0.3, -0.25) is 24.4 Å². The van der Waals surface area contributed by atoms with Crippen LogP contribution in [0.5, 0.6) is 0 Å². The molecule has 0 unspecified atom stereocenters. The fraction of sp³-hybridized carbons (Fsp3) is 0. The van der Waals surface area contributed by atoms with Crippen molar-refractivity contribution in [3.05, 3.63) is 104 Å². The van der Waals surface area contributed by atoms with Gasteiger partial charge in [0.2, 0.25) is 0 Å². The number of nitrogens with zero attached hydrogens (tertiary/aromatic N) is 2. The van der Waals surface area contributed by atoms with Gasteiger partial charge in [0.1, 0.15) is 0 Å². The maximum atomic E-state index is 12.3. The number of hydrogen-bond donors (Lipinski definition) is 1. The van der Waals surface area contributed by atoms with Gasteiger partial charge < -0.3 is 30.3 Å². The van der Waals surface area contributed by atoms with E-state index in [-0.39, 0.29) is 30.3 Å². The molecule has 0 atom stereocenters. The molecule has 4 aromatic rings. The fourth-order valence-electron chi connectivity index (χ4n) is 3.47. The third-order valence-electron chi connectivity index (χ3n) is 4.54. The van der Waals surface area contributed by atoms with Gasteiger partial charge in [-0.05, 0) is 24.3 Å². The Morgan fingerprint density at radius 2 is 1.65 bits per heavy atom. The molecular weight excluding hydrogens is 483 g/mol. The van der Waals surface area contributed by atoms with Gasteiger partial charge in [0.25, 0.3) is 11.1 Å². The second-order valence-electron chi connectivity index (χ2n) is 6.13. The maximum Gasteiger partial charge on any atom is 6.00 e. The van der Waals surface area contributed by atoms with Crippen LogP contribution in [0, 0.1) is 30.9 Å². The Morgan fingerprint density at radius 3 is 2.32 bits per heavy atom. The number of pyridine rings is 1. The molecule has 146 valence electrons. The van der Waals surface area contributed by atoms with Crippen LogP contribution >= 0.6 is 0 Å². The van der Waals surface area contributed by atoms with Crippen LogP contribution < -0.4 is 16.5 Å². The molecule has 0 spiro atoms. The average molecular weight is 491 g/mol. The van der Waals surface area contributed by atoms with E-state index < -0.39 is 11.1 Å². The number of nitrogens with one attached hydrogen (secondary N) is 1. The Bertz CT molecular complexity index is 1610. The number of rotatable bonds is 0. The first-order chi connectivity index (χ1) is 14.6. The SMILES string of the molecule is O=c1ccc2nc3c4ncccc4c4c(=O)[nH]c(=O)c4c3c-2c1.[C-]#[O+].[Ru+6].[c-]1[c-][c-][cH-][c-]1. The molecule has 0 radical (unpaired) electrons. The molecule has 2 aromatic heterocycles. The van der Waals surface area contributed by atoms with Crippen molar-refractivity contribution < 1.29 is 24.1 Å². The zero-order chi connectivity index (χ0) is 21.3. The number of aromatic amines is 1. The van der Waals surface area contributed by atoms with Crippen LogP contribution in [0.15, 0.2) is 57.0 Å². The average Bonchev–Trinajstić information content (AvgIpc) is 3.50. The third kappa shape index (κ3) is 3.64. The predicted molar refractivity (Wildman–Crippen MR) is 108 cm³/mol. The van der Waals surface area contributed by atoms with E-state index >= 15 is 0 Å². The zero-order valence-electron chi connectivity index (χ0n) is 15.4. The molecule has 1 aliphatic carbocycles. The van der Waals surface area contributed by atoms with Crippen LogP contribution in [0.25, 0.3) is 43.8 Å². The molecule has 2 aromatic carbocycles. The van der Waals surface area contributed by atoms with Crippen molar-refractivity contribution >= 4 is 32.6 Å². The molecule has 1 aliphatic heterocycles. The summed E-state index contributed by atoms with van der Waals surface area (Å²) in [5.74, 6) is 0. The number of fused-ring (bicyclic) bond motifs is 8. The first-order valence-corrected chi connectivity index (χ1v) is 8.52. The van der Waals surface area contributed by atoms with Crippen LogP contribution in [0.3, 0.4) is 0 Å². The summed E-state index contributed by atoms with van der Waals surface area (Å²) in [6, 6.07) is 19.9. The van der Waals surface area contributed by atoms with Crippen LogP contribution in [0.4, 0.5) is 0 Å². The van der Waals surface area contributed by atoms with E-state index in [0.29, 0.717) is 38.4 Å². The van der Waals surface area contributed by atoms with Gasteiger partial charge in [-0.15, -0.1) is 0 Å². The molecule has 0 fully saturated rings. The smallest absolute Gasteiger partial charge is 0.999 e. The summed E-state index contributed by atoms with van der Waals surface area (Å²) in [4.78, 5) is 47.4. The van der Waals surface area contributed by atoms with Crippen molar-refractivity contribution in [2.75, 3.05) is 0 Å². The van der Waals surface area contributed by atoms with Gasteiger partial charge >= 0.3 is 30.8 Å².